The van der Waals surface area contributed by atoms with Crippen molar-refractivity contribution in [2.45, 2.75) is 24.8 Å². The molecule has 2 rings (SSSR count). The molecule has 2 aromatic carbocycles. The zero-order valence-electron chi connectivity index (χ0n) is 15.9. The summed E-state index contributed by atoms with van der Waals surface area (Å²) < 4.78 is 27.5. The first-order chi connectivity index (χ1) is 13.2. The molecule has 1 atom stereocenters. The monoisotopic (exact) mass is 404 g/mol. The molecule has 0 spiro atoms. The van der Waals surface area contributed by atoms with E-state index in [4.69, 9.17) is 9.88 Å². The second-order valence-corrected chi connectivity index (χ2v) is 8.11. The second kappa shape index (κ2) is 9.48. The Labute approximate surface area is 165 Å². The number of carbonyl (C=O) groups is 2. The Morgan fingerprint density at radius 3 is 2.18 bits per heavy atom. The molecular formula is C20H24N2O5S. The van der Waals surface area contributed by atoms with Crippen LogP contribution in [0.3, 0.4) is 0 Å². The lowest BCUT2D eigenvalue weighted by atomic mass is 10.1. The molecule has 0 heterocycles. The summed E-state index contributed by atoms with van der Waals surface area (Å²) in [4.78, 5) is 26.3. The van der Waals surface area contributed by atoms with Crippen molar-refractivity contribution in [1.29, 1.82) is 0 Å². The molecule has 0 saturated carbocycles. The van der Waals surface area contributed by atoms with Gasteiger partial charge in [-0.1, -0.05) is 49.4 Å². The third kappa shape index (κ3) is 6.17. The van der Waals surface area contributed by atoms with Gasteiger partial charge in [0.1, 0.15) is 0 Å². The molecule has 2 N–H and O–H groups in total. The highest BCUT2D eigenvalue weighted by atomic mass is 32.2. The lowest BCUT2D eigenvalue weighted by Gasteiger charge is -2.25. The van der Waals surface area contributed by atoms with E-state index in [1.165, 1.54) is 19.2 Å². The Bertz CT molecular complexity index is 911. The molecule has 0 radical (unpaired) electrons. The zero-order valence-corrected chi connectivity index (χ0v) is 16.7. The van der Waals surface area contributed by atoms with Crippen LogP contribution in [0.15, 0.2) is 59.5 Å². The fraction of sp³-hybridized carbons (Fsp3) is 0.300. The smallest absolute Gasteiger partial charge is 0.310 e. The predicted molar refractivity (Wildman–Crippen MR) is 105 cm³/mol. The Balaban J connectivity index is 2.16. The van der Waals surface area contributed by atoms with Crippen molar-refractivity contribution in [3.05, 3.63) is 65.7 Å². The number of rotatable bonds is 8. The molecule has 0 aliphatic carbocycles. The highest BCUT2D eigenvalue weighted by Gasteiger charge is 2.22. The molecule has 0 aromatic heterocycles. The molecule has 1 unspecified atom stereocenters. The number of hydrogen-bond donors (Lipinski definition) is 1. The largest absolute Gasteiger partial charge is 0.469 e. The van der Waals surface area contributed by atoms with Crippen LogP contribution in [-0.4, -0.2) is 38.8 Å². The van der Waals surface area contributed by atoms with E-state index >= 15 is 0 Å². The van der Waals surface area contributed by atoms with E-state index in [0.717, 1.165) is 5.56 Å². The van der Waals surface area contributed by atoms with E-state index in [-0.39, 0.29) is 29.7 Å². The average molecular weight is 404 g/mol. The standard InChI is InChI=1S/C20H24N2O5S/c1-15(20(24)27-2)13-22(14-17-6-4-3-5-7-17)19(23)12-16-8-10-18(11-9-16)28(21,25)26/h3-11,15H,12-14H2,1-2H3,(H2,21,25,26). The lowest BCUT2D eigenvalue weighted by Crippen LogP contribution is -2.37. The normalized spacial score (nSPS) is 12.2. The van der Waals surface area contributed by atoms with Gasteiger partial charge < -0.3 is 9.64 Å². The van der Waals surface area contributed by atoms with Crippen LogP contribution in [0.5, 0.6) is 0 Å². The summed E-state index contributed by atoms with van der Waals surface area (Å²) in [7, 11) is -2.47. The Hall–Kier alpha value is -2.71. The van der Waals surface area contributed by atoms with E-state index in [1.807, 2.05) is 30.3 Å². The van der Waals surface area contributed by atoms with Gasteiger partial charge in [-0.2, -0.15) is 0 Å². The molecule has 1 amide bonds. The van der Waals surface area contributed by atoms with E-state index in [1.54, 1.807) is 24.0 Å². The molecule has 0 fully saturated rings. The van der Waals surface area contributed by atoms with Gasteiger partial charge in [-0.05, 0) is 23.3 Å². The fourth-order valence-corrected chi connectivity index (χ4v) is 3.26. The third-order valence-corrected chi connectivity index (χ3v) is 5.20. The summed E-state index contributed by atoms with van der Waals surface area (Å²) in [5.74, 6) is -1.03. The maximum Gasteiger partial charge on any atom is 0.310 e. The summed E-state index contributed by atoms with van der Waals surface area (Å²) in [6.07, 6.45) is 0.0750. The van der Waals surface area contributed by atoms with Crippen LogP contribution in [0.4, 0.5) is 0 Å². The molecular weight excluding hydrogens is 380 g/mol. The second-order valence-electron chi connectivity index (χ2n) is 6.55. The molecule has 8 heteroatoms. The number of ether oxygens (including phenoxy) is 1. The van der Waals surface area contributed by atoms with Crippen molar-refractivity contribution in [3.8, 4) is 0 Å². The molecule has 0 bridgehead atoms. The zero-order chi connectivity index (χ0) is 20.7. The number of esters is 1. The number of primary sulfonamides is 1. The van der Waals surface area contributed by atoms with Crippen LogP contribution in [0.25, 0.3) is 0 Å². The quantitative estimate of drug-likeness (QED) is 0.674. The summed E-state index contributed by atoms with van der Waals surface area (Å²) in [5.41, 5.74) is 1.60. The van der Waals surface area contributed by atoms with Crippen molar-refractivity contribution < 1.29 is 22.7 Å². The van der Waals surface area contributed by atoms with Gasteiger partial charge in [0, 0.05) is 13.1 Å². The Morgan fingerprint density at radius 2 is 1.64 bits per heavy atom. The molecule has 0 saturated heterocycles. The highest BCUT2D eigenvalue weighted by Crippen LogP contribution is 2.14. The van der Waals surface area contributed by atoms with Crippen molar-refractivity contribution in [1.82, 2.24) is 4.90 Å². The number of methoxy groups -OCH3 is 1. The van der Waals surface area contributed by atoms with Gasteiger partial charge in [0.2, 0.25) is 15.9 Å². The number of carbonyl (C=O) groups excluding carboxylic acids is 2. The first kappa shape index (κ1) is 21.6. The van der Waals surface area contributed by atoms with Crippen molar-refractivity contribution in [3.63, 3.8) is 0 Å². The minimum Gasteiger partial charge on any atom is -0.469 e. The van der Waals surface area contributed by atoms with Crippen LogP contribution < -0.4 is 5.14 Å². The minimum atomic E-state index is -3.78. The number of amides is 1. The fourth-order valence-electron chi connectivity index (χ4n) is 2.75. The first-order valence-corrected chi connectivity index (χ1v) is 10.3. The third-order valence-electron chi connectivity index (χ3n) is 4.27. The molecule has 2 aromatic rings. The van der Waals surface area contributed by atoms with Crippen LogP contribution in [0.2, 0.25) is 0 Å². The van der Waals surface area contributed by atoms with E-state index in [2.05, 4.69) is 0 Å². The number of hydrogen-bond acceptors (Lipinski definition) is 5. The summed E-state index contributed by atoms with van der Waals surface area (Å²) in [6.45, 7) is 2.28. The molecule has 0 aliphatic heterocycles. The van der Waals surface area contributed by atoms with Crippen molar-refractivity contribution in [2.24, 2.45) is 11.1 Å². The van der Waals surface area contributed by atoms with E-state index in [0.29, 0.717) is 12.1 Å². The van der Waals surface area contributed by atoms with Gasteiger partial charge in [0.25, 0.3) is 0 Å². The van der Waals surface area contributed by atoms with Gasteiger partial charge in [-0.3, -0.25) is 9.59 Å². The van der Waals surface area contributed by atoms with Crippen LogP contribution in [-0.2, 0) is 37.3 Å². The SMILES string of the molecule is COC(=O)C(C)CN(Cc1ccccc1)C(=O)Cc1ccc(S(N)(=O)=O)cc1. The van der Waals surface area contributed by atoms with Gasteiger partial charge in [0.15, 0.2) is 0 Å². The van der Waals surface area contributed by atoms with Crippen LogP contribution >= 0.6 is 0 Å². The van der Waals surface area contributed by atoms with Crippen LogP contribution in [0.1, 0.15) is 18.1 Å². The topological polar surface area (TPSA) is 107 Å². The Morgan fingerprint density at radius 1 is 1.04 bits per heavy atom. The maximum atomic E-state index is 12.9. The predicted octanol–water partition coefficient (Wildman–Crippen LogP) is 1.71. The number of benzene rings is 2. The molecule has 150 valence electrons. The van der Waals surface area contributed by atoms with Gasteiger partial charge >= 0.3 is 5.97 Å². The average Bonchev–Trinajstić information content (AvgIpc) is 2.67. The summed E-state index contributed by atoms with van der Waals surface area (Å²) in [5, 5.41) is 5.09. The first-order valence-electron chi connectivity index (χ1n) is 8.72. The van der Waals surface area contributed by atoms with Gasteiger partial charge in [0.05, 0.1) is 24.3 Å². The van der Waals surface area contributed by atoms with Gasteiger partial charge in [-0.25, -0.2) is 13.6 Å². The molecule has 7 nitrogen and oxygen atoms in total. The molecule has 28 heavy (non-hydrogen) atoms. The lowest BCUT2D eigenvalue weighted by molar-refractivity contribution is -0.146. The number of nitrogens with zero attached hydrogens (tertiary/aromatic N) is 1. The minimum absolute atomic E-state index is 0.0100. The summed E-state index contributed by atoms with van der Waals surface area (Å²) >= 11 is 0. The van der Waals surface area contributed by atoms with Crippen molar-refractivity contribution >= 4 is 21.9 Å². The van der Waals surface area contributed by atoms with Crippen LogP contribution in [0, 0.1) is 5.92 Å². The highest BCUT2D eigenvalue weighted by molar-refractivity contribution is 7.89. The van der Waals surface area contributed by atoms with Crippen molar-refractivity contribution in [2.75, 3.05) is 13.7 Å². The van der Waals surface area contributed by atoms with Gasteiger partial charge in [-0.15, -0.1) is 0 Å². The number of nitrogens with two attached hydrogens (primary N) is 1. The maximum absolute atomic E-state index is 12.9. The number of sulfonamides is 1. The Kier molecular flexibility index (Phi) is 7.31. The summed E-state index contributed by atoms with van der Waals surface area (Å²) in [6, 6.07) is 15.3. The molecule has 0 aliphatic rings. The van der Waals surface area contributed by atoms with E-state index in [9.17, 15) is 18.0 Å². The van der Waals surface area contributed by atoms with E-state index < -0.39 is 15.9 Å².